The van der Waals surface area contributed by atoms with Crippen LogP contribution in [0.1, 0.15) is 25.3 Å². The zero-order valence-electron chi connectivity index (χ0n) is 13.2. The molecule has 3 N–H and O–H groups in total. The van der Waals surface area contributed by atoms with E-state index < -0.39 is 10.8 Å². The Bertz CT molecular complexity index is 707. The van der Waals surface area contributed by atoms with E-state index in [1.54, 1.807) is 0 Å². The van der Waals surface area contributed by atoms with Crippen molar-refractivity contribution >= 4 is 28.1 Å². The number of nitrogens with two attached hydrogens (primary N) is 1. The van der Waals surface area contributed by atoms with E-state index in [0.29, 0.717) is 23.4 Å². The summed E-state index contributed by atoms with van der Waals surface area (Å²) in [6, 6.07) is 10.2. The van der Waals surface area contributed by atoms with Gasteiger partial charge in [-0.3, -0.25) is 4.21 Å². The zero-order valence-corrected chi connectivity index (χ0v) is 14.0. The molecule has 2 heterocycles. The maximum absolute atomic E-state index is 12.3. The average Bonchev–Trinajstić information content (AvgIpc) is 2.97. The van der Waals surface area contributed by atoms with Crippen LogP contribution in [0.25, 0.3) is 0 Å². The Hall–Kier alpha value is -2.15. The Balaban J connectivity index is 1.85. The first-order valence-electron chi connectivity index (χ1n) is 7.77. The van der Waals surface area contributed by atoms with E-state index in [2.05, 4.69) is 39.2 Å². The van der Waals surface area contributed by atoms with E-state index in [0.717, 1.165) is 30.9 Å². The van der Waals surface area contributed by atoms with Crippen LogP contribution in [-0.4, -0.2) is 26.6 Å². The number of hydrogen-bond donors (Lipinski definition) is 2. The highest BCUT2D eigenvalue weighted by molar-refractivity contribution is 7.84. The molecule has 0 saturated carbocycles. The fourth-order valence-electron chi connectivity index (χ4n) is 2.50. The largest absolute Gasteiger partial charge is 0.382 e. The number of nitrogens with one attached hydrogen (secondary N) is 1. The fraction of sp³-hybridized carbons (Fsp3) is 0.375. The van der Waals surface area contributed by atoms with Crippen LogP contribution in [0.4, 0.5) is 17.3 Å². The second-order valence-corrected chi connectivity index (χ2v) is 6.98. The highest BCUT2D eigenvalue weighted by Crippen LogP contribution is 2.34. The molecule has 0 radical (unpaired) electrons. The highest BCUT2D eigenvalue weighted by Gasteiger charge is 2.25. The van der Waals surface area contributed by atoms with Crippen molar-refractivity contribution in [2.45, 2.75) is 31.5 Å². The maximum Gasteiger partial charge on any atom is 0.222 e. The van der Waals surface area contributed by atoms with Crippen LogP contribution in [0.3, 0.4) is 0 Å². The molecule has 0 fully saturated rings. The predicted molar refractivity (Wildman–Crippen MR) is 93.7 cm³/mol. The molecule has 23 heavy (non-hydrogen) atoms. The molecule has 3 rings (SSSR count). The van der Waals surface area contributed by atoms with Crippen LogP contribution in [0.15, 0.2) is 35.5 Å². The lowest BCUT2D eigenvalue weighted by Gasteiger charge is -2.17. The molecular formula is C16H21N5OS. The molecule has 0 spiro atoms. The van der Waals surface area contributed by atoms with Crippen LogP contribution in [0.5, 0.6) is 0 Å². The lowest BCUT2D eigenvalue weighted by atomic mass is 10.2. The first-order chi connectivity index (χ1) is 11.2. The van der Waals surface area contributed by atoms with E-state index in [-0.39, 0.29) is 0 Å². The summed E-state index contributed by atoms with van der Waals surface area (Å²) in [4.78, 5) is 10.8. The number of hydrogen-bond acceptors (Lipinski definition) is 6. The summed E-state index contributed by atoms with van der Waals surface area (Å²) < 4.78 is 12.3. The summed E-state index contributed by atoms with van der Waals surface area (Å²) in [6.45, 7) is 3.41. The Morgan fingerprint density at radius 2 is 2.09 bits per heavy atom. The van der Waals surface area contributed by atoms with Gasteiger partial charge in [-0.2, -0.15) is 0 Å². The van der Waals surface area contributed by atoms with E-state index in [1.165, 1.54) is 5.56 Å². The minimum Gasteiger partial charge on any atom is -0.382 e. The van der Waals surface area contributed by atoms with Gasteiger partial charge in [0, 0.05) is 12.3 Å². The average molecular weight is 331 g/mol. The Labute approximate surface area is 138 Å². The van der Waals surface area contributed by atoms with Gasteiger partial charge in [0.25, 0.3) is 0 Å². The number of aromatic nitrogens is 2. The molecule has 1 aromatic heterocycles. The molecule has 1 aromatic carbocycles. The summed E-state index contributed by atoms with van der Waals surface area (Å²) in [7, 11) is -1.20. The van der Waals surface area contributed by atoms with Crippen molar-refractivity contribution in [3.05, 3.63) is 35.9 Å². The summed E-state index contributed by atoms with van der Waals surface area (Å²) in [5.41, 5.74) is 7.94. The lowest BCUT2D eigenvalue weighted by Crippen LogP contribution is -2.23. The third-order valence-electron chi connectivity index (χ3n) is 3.75. The standard InChI is InChI=1S/C16H21N5OS/c1-2-3-9-23(22)16-19-14(17)13-15(20-16)21(11-18-13)10-12-7-5-4-6-8-12/h4-8,18H,2-3,9-11H2,1H3,(H2,17,19,20). The number of rotatable bonds is 6. The van der Waals surface area contributed by atoms with Gasteiger partial charge in [-0.05, 0) is 12.0 Å². The second kappa shape index (κ2) is 6.95. The van der Waals surface area contributed by atoms with Crippen molar-refractivity contribution in [1.29, 1.82) is 0 Å². The van der Waals surface area contributed by atoms with Gasteiger partial charge in [-0.15, -0.1) is 0 Å². The van der Waals surface area contributed by atoms with Gasteiger partial charge >= 0.3 is 0 Å². The quantitative estimate of drug-likeness (QED) is 0.791. The van der Waals surface area contributed by atoms with Crippen molar-refractivity contribution < 1.29 is 4.21 Å². The zero-order chi connectivity index (χ0) is 16.2. The van der Waals surface area contributed by atoms with Gasteiger partial charge in [0.05, 0.1) is 17.5 Å². The molecule has 1 aliphatic rings. The van der Waals surface area contributed by atoms with Gasteiger partial charge in [-0.25, -0.2) is 9.97 Å². The SMILES string of the molecule is CCCCS(=O)c1nc(N)c2c(n1)N(Cc1ccccc1)CN2. The topological polar surface area (TPSA) is 84.1 Å². The molecule has 2 aromatic rings. The Morgan fingerprint density at radius 1 is 1.30 bits per heavy atom. The normalized spacial score (nSPS) is 14.4. The molecule has 0 saturated heterocycles. The highest BCUT2D eigenvalue weighted by atomic mass is 32.2. The predicted octanol–water partition coefficient (Wildman–Crippen LogP) is 2.36. The summed E-state index contributed by atoms with van der Waals surface area (Å²) in [6.07, 6.45) is 1.88. The van der Waals surface area contributed by atoms with Crippen molar-refractivity contribution in [3.8, 4) is 0 Å². The van der Waals surface area contributed by atoms with Gasteiger partial charge in [-0.1, -0.05) is 43.7 Å². The number of nitrogen functional groups attached to an aromatic ring is 1. The minimum absolute atomic E-state index is 0.330. The van der Waals surface area contributed by atoms with E-state index in [9.17, 15) is 4.21 Å². The molecule has 0 amide bonds. The molecule has 1 unspecified atom stereocenters. The van der Waals surface area contributed by atoms with Gasteiger partial charge < -0.3 is 16.0 Å². The summed E-state index contributed by atoms with van der Waals surface area (Å²) in [5, 5.41) is 3.56. The molecule has 0 bridgehead atoms. The molecule has 122 valence electrons. The van der Waals surface area contributed by atoms with Gasteiger partial charge in [0.15, 0.2) is 11.6 Å². The first kappa shape index (κ1) is 15.7. The van der Waals surface area contributed by atoms with Gasteiger partial charge in [0.2, 0.25) is 5.16 Å². The number of unbranched alkanes of at least 4 members (excludes halogenated alkanes) is 1. The van der Waals surface area contributed by atoms with E-state index in [1.807, 2.05) is 18.2 Å². The number of fused-ring (bicyclic) bond motifs is 1. The fourth-order valence-corrected chi connectivity index (χ4v) is 3.62. The van der Waals surface area contributed by atoms with Crippen LogP contribution < -0.4 is 16.0 Å². The van der Waals surface area contributed by atoms with Crippen LogP contribution in [-0.2, 0) is 17.3 Å². The minimum atomic E-state index is -1.20. The lowest BCUT2D eigenvalue weighted by molar-refractivity contribution is 0.672. The van der Waals surface area contributed by atoms with Crippen molar-refractivity contribution in [2.24, 2.45) is 0 Å². The maximum atomic E-state index is 12.3. The Kier molecular flexibility index (Phi) is 4.76. The van der Waals surface area contributed by atoms with Gasteiger partial charge in [0.1, 0.15) is 5.69 Å². The number of anilines is 3. The van der Waals surface area contributed by atoms with Crippen molar-refractivity contribution in [3.63, 3.8) is 0 Å². The second-order valence-electron chi connectivity index (χ2n) is 5.51. The number of nitrogens with zero attached hydrogens (tertiary/aromatic N) is 3. The van der Waals surface area contributed by atoms with Crippen LogP contribution >= 0.6 is 0 Å². The van der Waals surface area contributed by atoms with Crippen LogP contribution in [0, 0.1) is 0 Å². The van der Waals surface area contributed by atoms with E-state index >= 15 is 0 Å². The molecule has 1 atom stereocenters. The molecule has 0 aliphatic carbocycles. The molecule has 1 aliphatic heterocycles. The molecular weight excluding hydrogens is 310 g/mol. The van der Waals surface area contributed by atoms with Crippen LogP contribution in [0.2, 0.25) is 0 Å². The third-order valence-corrected chi connectivity index (χ3v) is 5.00. The number of benzene rings is 1. The first-order valence-corrected chi connectivity index (χ1v) is 9.09. The van der Waals surface area contributed by atoms with Crippen molar-refractivity contribution in [2.75, 3.05) is 28.4 Å². The smallest absolute Gasteiger partial charge is 0.222 e. The monoisotopic (exact) mass is 331 g/mol. The van der Waals surface area contributed by atoms with Crippen molar-refractivity contribution in [1.82, 2.24) is 9.97 Å². The summed E-state index contributed by atoms with van der Waals surface area (Å²) >= 11 is 0. The molecule has 7 heteroatoms. The van der Waals surface area contributed by atoms with E-state index in [4.69, 9.17) is 5.73 Å². The Morgan fingerprint density at radius 3 is 2.83 bits per heavy atom. The third kappa shape index (κ3) is 3.44. The summed E-state index contributed by atoms with van der Waals surface area (Å²) in [5.74, 6) is 1.67. The molecule has 6 nitrogen and oxygen atoms in total.